The minimum Gasteiger partial charge on any atom is -0.456 e. The number of hydrogen-bond acceptors (Lipinski definition) is 2. The first-order chi connectivity index (χ1) is 28.8. The van der Waals surface area contributed by atoms with Crippen molar-refractivity contribution in [3.8, 4) is 33.6 Å². The van der Waals surface area contributed by atoms with Gasteiger partial charge >= 0.3 is 0 Å². The minimum atomic E-state index is 0.871. The van der Waals surface area contributed by atoms with E-state index >= 15 is 0 Å². The summed E-state index contributed by atoms with van der Waals surface area (Å²) in [6.45, 7) is 0. The highest BCUT2D eigenvalue weighted by molar-refractivity contribution is 6.32. The number of para-hydroxylation sites is 3. The summed E-state index contributed by atoms with van der Waals surface area (Å²) < 4.78 is 17.8. The Kier molecular flexibility index (Phi) is 6.41. The largest absolute Gasteiger partial charge is 0.456 e. The number of benzene rings is 9. The van der Waals surface area contributed by atoms with Crippen LogP contribution in [0, 0.1) is 0 Å². The van der Waals surface area contributed by atoms with Gasteiger partial charge in [0.2, 0.25) is 0 Å². The van der Waals surface area contributed by atoms with E-state index in [1.165, 1.54) is 43.8 Å². The van der Waals surface area contributed by atoms with Gasteiger partial charge in [0.05, 0.1) is 33.1 Å². The molecule has 4 heteroatoms. The maximum Gasteiger partial charge on any atom is 0.137 e. The highest BCUT2D eigenvalue weighted by Gasteiger charge is 2.25. The third kappa shape index (κ3) is 4.29. The number of hydrogen-bond donors (Lipinski definition) is 0. The van der Waals surface area contributed by atoms with E-state index in [4.69, 9.17) is 8.83 Å². The molecule has 0 fully saturated rings. The van der Waals surface area contributed by atoms with Gasteiger partial charge in [-0.15, -0.1) is 0 Å². The number of nitrogens with zero attached hydrogens (tertiary/aromatic N) is 2. The molecule has 0 atom stereocenters. The average Bonchev–Trinajstić information content (AvgIpc) is 4.04. The molecule has 0 radical (unpaired) electrons. The van der Waals surface area contributed by atoms with Crippen molar-refractivity contribution in [1.82, 2.24) is 9.13 Å². The molecular weight excluding hydrogens is 709 g/mol. The number of rotatable bonds is 4. The Hall–Kier alpha value is -7.82. The Morgan fingerprint density at radius 2 is 0.793 bits per heavy atom. The maximum absolute atomic E-state index is 6.48. The molecule has 0 unspecified atom stereocenters. The van der Waals surface area contributed by atoms with E-state index in [1.54, 1.807) is 0 Å². The van der Waals surface area contributed by atoms with Gasteiger partial charge in [-0.2, -0.15) is 0 Å². The summed E-state index contributed by atoms with van der Waals surface area (Å²) in [6, 6.07) is 69.5. The first kappa shape index (κ1) is 31.4. The first-order valence-electron chi connectivity index (χ1n) is 19.8. The fraction of sp³-hybridized carbons (Fsp3) is 0. The lowest BCUT2D eigenvalue weighted by Gasteiger charge is -2.11. The van der Waals surface area contributed by atoms with Gasteiger partial charge in [-0.3, -0.25) is 0 Å². The molecule has 0 aliphatic heterocycles. The fourth-order valence-corrected chi connectivity index (χ4v) is 9.74. The van der Waals surface area contributed by atoms with E-state index in [0.717, 1.165) is 77.4 Å². The highest BCUT2D eigenvalue weighted by Crippen LogP contribution is 2.48. The average molecular weight is 741 g/mol. The van der Waals surface area contributed by atoms with Crippen LogP contribution in [-0.2, 0) is 0 Å². The molecule has 13 rings (SSSR count). The molecule has 0 bridgehead atoms. The zero-order valence-corrected chi connectivity index (χ0v) is 31.2. The topological polar surface area (TPSA) is 36.1 Å². The van der Waals surface area contributed by atoms with E-state index in [0.29, 0.717) is 0 Å². The molecule has 4 aromatic heterocycles. The van der Waals surface area contributed by atoms with Crippen LogP contribution in [0.15, 0.2) is 203 Å². The van der Waals surface area contributed by atoms with E-state index in [-0.39, 0.29) is 0 Å². The normalized spacial score (nSPS) is 12.1. The van der Waals surface area contributed by atoms with Gasteiger partial charge in [0.25, 0.3) is 0 Å². The zero-order valence-electron chi connectivity index (χ0n) is 31.2. The minimum absolute atomic E-state index is 0.871. The highest BCUT2D eigenvalue weighted by atomic mass is 16.3. The monoisotopic (exact) mass is 740 g/mol. The lowest BCUT2D eigenvalue weighted by molar-refractivity contribution is 0.668. The fourth-order valence-electron chi connectivity index (χ4n) is 9.74. The Balaban J connectivity index is 1.20. The van der Waals surface area contributed by atoms with Crippen molar-refractivity contribution in [3.63, 3.8) is 0 Å². The Bertz CT molecular complexity index is 3780. The van der Waals surface area contributed by atoms with Gasteiger partial charge in [-0.25, -0.2) is 0 Å². The molecule has 0 aliphatic carbocycles. The van der Waals surface area contributed by atoms with E-state index < -0.39 is 0 Å². The molecule has 13 aromatic rings. The number of aromatic nitrogens is 2. The zero-order chi connectivity index (χ0) is 37.9. The molecule has 270 valence electrons. The predicted octanol–water partition coefficient (Wildman–Crippen LogP) is 15.0. The van der Waals surface area contributed by atoms with Crippen molar-refractivity contribution in [1.29, 1.82) is 0 Å². The van der Waals surface area contributed by atoms with Gasteiger partial charge in [0.1, 0.15) is 22.3 Å². The van der Waals surface area contributed by atoms with Crippen molar-refractivity contribution in [2.24, 2.45) is 0 Å². The molecular formula is C54H32N2O2. The van der Waals surface area contributed by atoms with Gasteiger partial charge in [0, 0.05) is 43.4 Å². The van der Waals surface area contributed by atoms with Crippen LogP contribution < -0.4 is 0 Å². The second kappa shape index (κ2) is 11.8. The Morgan fingerprint density at radius 3 is 1.55 bits per heavy atom. The summed E-state index contributed by atoms with van der Waals surface area (Å²) in [4.78, 5) is 0. The van der Waals surface area contributed by atoms with E-state index in [9.17, 15) is 0 Å². The van der Waals surface area contributed by atoms with Crippen molar-refractivity contribution in [3.05, 3.63) is 194 Å². The molecule has 0 amide bonds. The van der Waals surface area contributed by atoms with E-state index in [2.05, 4.69) is 191 Å². The summed E-state index contributed by atoms with van der Waals surface area (Å²) in [5.41, 5.74) is 15.1. The molecule has 0 N–H and O–H groups in total. The van der Waals surface area contributed by atoms with E-state index in [1.807, 2.05) is 12.1 Å². The van der Waals surface area contributed by atoms with Crippen LogP contribution in [0.25, 0.3) is 121 Å². The molecule has 9 aromatic carbocycles. The van der Waals surface area contributed by atoms with Crippen LogP contribution in [0.4, 0.5) is 0 Å². The Labute approximate surface area is 332 Å². The SMILES string of the molecule is c1ccc(-c2ccc(-n3c4ccccc4c4c5c6c(-c7cccc8oc9ccccc9c78)cccc6n(-c6cccc7oc8ccccc8c67)c5ccc43)cc2)cc1. The lowest BCUT2D eigenvalue weighted by Crippen LogP contribution is -1.95. The van der Waals surface area contributed by atoms with Crippen LogP contribution >= 0.6 is 0 Å². The van der Waals surface area contributed by atoms with Gasteiger partial charge in [0.15, 0.2) is 0 Å². The smallest absolute Gasteiger partial charge is 0.137 e. The first-order valence-corrected chi connectivity index (χ1v) is 19.8. The molecule has 58 heavy (non-hydrogen) atoms. The van der Waals surface area contributed by atoms with Gasteiger partial charge in [-0.05, 0) is 89.0 Å². The summed E-state index contributed by atoms with van der Waals surface area (Å²) in [5, 5.41) is 9.30. The van der Waals surface area contributed by atoms with Crippen molar-refractivity contribution in [2.45, 2.75) is 0 Å². The van der Waals surface area contributed by atoms with Crippen molar-refractivity contribution in [2.75, 3.05) is 0 Å². The Morgan fingerprint density at radius 1 is 0.276 bits per heavy atom. The molecule has 0 saturated carbocycles. The summed E-state index contributed by atoms with van der Waals surface area (Å²) in [5.74, 6) is 0. The van der Waals surface area contributed by atoms with Crippen molar-refractivity contribution < 1.29 is 8.83 Å². The molecule has 4 nitrogen and oxygen atoms in total. The molecule has 0 aliphatic rings. The third-order valence-electron chi connectivity index (χ3n) is 12.1. The summed E-state index contributed by atoms with van der Waals surface area (Å²) in [6.07, 6.45) is 0. The number of furan rings is 2. The van der Waals surface area contributed by atoms with Crippen molar-refractivity contribution >= 4 is 87.5 Å². The van der Waals surface area contributed by atoms with Crippen LogP contribution in [0.3, 0.4) is 0 Å². The predicted molar refractivity (Wildman–Crippen MR) is 241 cm³/mol. The van der Waals surface area contributed by atoms with Crippen LogP contribution in [0.1, 0.15) is 0 Å². The lowest BCUT2D eigenvalue weighted by atomic mass is 9.94. The molecule has 4 heterocycles. The quantitative estimate of drug-likeness (QED) is 0.180. The summed E-state index contributed by atoms with van der Waals surface area (Å²) in [7, 11) is 0. The van der Waals surface area contributed by atoms with Gasteiger partial charge < -0.3 is 18.0 Å². The second-order valence-corrected chi connectivity index (χ2v) is 15.2. The summed E-state index contributed by atoms with van der Waals surface area (Å²) >= 11 is 0. The molecule has 0 saturated heterocycles. The second-order valence-electron chi connectivity index (χ2n) is 15.2. The maximum atomic E-state index is 6.48. The third-order valence-corrected chi connectivity index (χ3v) is 12.1. The van der Waals surface area contributed by atoms with Crippen LogP contribution in [0.2, 0.25) is 0 Å². The van der Waals surface area contributed by atoms with Gasteiger partial charge in [-0.1, -0.05) is 127 Å². The number of fused-ring (bicyclic) bond motifs is 13. The standard InChI is InChI=1S/C54H32N2O2/c1-2-13-33(14-3-1)34-27-29-35(30-28-34)55-41-20-7-4-15-38(41)53-44(55)31-32-45-54(53)52-37(36-19-11-25-48-50(36)39-16-5-8-23-46(39)57-48)18-10-21-43(52)56(45)42-22-12-26-49-51(42)40-17-6-9-24-47(40)58-49/h1-32H. The molecule has 0 spiro atoms. The van der Waals surface area contributed by atoms with Crippen LogP contribution in [0.5, 0.6) is 0 Å². The van der Waals surface area contributed by atoms with Crippen LogP contribution in [-0.4, -0.2) is 9.13 Å².